The van der Waals surface area contributed by atoms with Gasteiger partial charge in [-0.05, 0) is 18.6 Å². The van der Waals surface area contributed by atoms with E-state index in [9.17, 15) is 9.59 Å². The molecular weight excluding hydrogens is 260 g/mol. The molecular formula is C10H13BrO2Si. The lowest BCUT2D eigenvalue weighted by Gasteiger charge is -2.31. The first kappa shape index (κ1) is 10.3. The second-order valence-corrected chi connectivity index (χ2v) is 11.9. The van der Waals surface area contributed by atoms with Crippen LogP contribution in [0.1, 0.15) is 6.42 Å². The molecule has 0 unspecified atom stereocenters. The van der Waals surface area contributed by atoms with Gasteiger partial charge >= 0.3 is 0 Å². The molecule has 2 nitrogen and oxygen atoms in total. The fourth-order valence-electron chi connectivity index (χ4n) is 2.56. The van der Waals surface area contributed by atoms with Crippen LogP contribution in [0, 0.1) is 0 Å². The molecule has 0 aromatic rings. The van der Waals surface area contributed by atoms with Crippen LogP contribution in [0.5, 0.6) is 0 Å². The van der Waals surface area contributed by atoms with Gasteiger partial charge in [-0.1, -0.05) is 35.6 Å². The second-order valence-electron chi connectivity index (χ2n) is 5.20. The Kier molecular flexibility index (Phi) is 1.82. The number of hydrogen-bond acceptors (Lipinski definition) is 2. The van der Waals surface area contributed by atoms with Gasteiger partial charge < -0.3 is 0 Å². The van der Waals surface area contributed by atoms with Crippen molar-refractivity contribution in [2.75, 3.05) is 0 Å². The van der Waals surface area contributed by atoms with Crippen molar-refractivity contribution in [3.8, 4) is 0 Å². The Labute approximate surface area is 92.9 Å². The topological polar surface area (TPSA) is 34.1 Å². The van der Waals surface area contributed by atoms with Gasteiger partial charge in [0.05, 0.1) is 17.4 Å². The Morgan fingerprint density at radius 2 is 1.71 bits per heavy atom. The highest BCUT2D eigenvalue weighted by Crippen LogP contribution is 2.75. The van der Waals surface area contributed by atoms with Gasteiger partial charge in [0.15, 0.2) is 11.6 Å². The molecule has 0 saturated heterocycles. The van der Waals surface area contributed by atoms with Crippen molar-refractivity contribution in [3.63, 3.8) is 0 Å². The zero-order valence-corrected chi connectivity index (χ0v) is 11.1. The molecule has 2 aliphatic rings. The molecule has 0 radical (unpaired) electrons. The lowest BCUT2D eigenvalue weighted by Crippen LogP contribution is -2.43. The van der Waals surface area contributed by atoms with Gasteiger partial charge in [-0.25, -0.2) is 0 Å². The summed E-state index contributed by atoms with van der Waals surface area (Å²) in [6, 6.07) is 0. The van der Waals surface area contributed by atoms with Crippen molar-refractivity contribution in [3.05, 3.63) is 12.2 Å². The summed E-state index contributed by atoms with van der Waals surface area (Å²) in [7, 11) is -1.65. The van der Waals surface area contributed by atoms with E-state index in [0.717, 1.165) is 0 Å². The van der Waals surface area contributed by atoms with E-state index in [1.165, 1.54) is 12.2 Å². The first-order valence-electron chi connectivity index (χ1n) is 4.72. The van der Waals surface area contributed by atoms with Crippen LogP contribution in [-0.4, -0.2) is 24.0 Å². The SMILES string of the molecule is C[Si](C)(C)[C@@]12C[C@]1(Br)C(=O)C=CC2=O. The van der Waals surface area contributed by atoms with Crippen LogP contribution in [0.2, 0.25) is 24.7 Å². The van der Waals surface area contributed by atoms with E-state index in [2.05, 4.69) is 35.6 Å². The van der Waals surface area contributed by atoms with E-state index >= 15 is 0 Å². The van der Waals surface area contributed by atoms with Crippen LogP contribution in [0.25, 0.3) is 0 Å². The molecule has 14 heavy (non-hydrogen) atoms. The van der Waals surface area contributed by atoms with E-state index in [-0.39, 0.29) is 16.6 Å². The van der Waals surface area contributed by atoms with Gasteiger partial charge in [0.1, 0.15) is 0 Å². The van der Waals surface area contributed by atoms with Gasteiger partial charge in [0, 0.05) is 0 Å². The average molecular weight is 273 g/mol. The number of alkyl halides is 1. The van der Waals surface area contributed by atoms with Crippen LogP contribution >= 0.6 is 15.9 Å². The summed E-state index contributed by atoms with van der Waals surface area (Å²) in [6.07, 6.45) is 3.58. The Hall–Kier alpha value is -0.223. The second kappa shape index (κ2) is 2.47. The maximum atomic E-state index is 11.9. The number of fused-ring (bicyclic) bond motifs is 1. The summed E-state index contributed by atoms with van der Waals surface area (Å²) in [5, 5.41) is -0.369. The number of rotatable bonds is 1. The molecule has 0 aliphatic heterocycles. The zero-order valence-electron chi connectivity index (χ0n) is 8.56. The molecule has 1 fully saturated rings. The molecule has 0 aromatic heterocycles. The molecule has 2 rings (SSSR count). The fraction of sp³-hybridized carbons (Fsp3) is 0.600. The molecule has 0 aromatic carbocycles. The summed E-state index contributed by atoms with van der Waals surface area (Å²) in [6.45, 7) is 6.46. The summed E-state index contributed by atoms with van der Waals surface area (Å²) < 4.78 is -0.545. The normalized spacial score (nSPS) is 41.1. The standard InChI is InChI=1S/C10H13BrO2Si/c1-14(2,3)10-6-9(10,11)7(12)4-5-8(10)13/h4-5H,6H2,1-3H3/t9-,10+/m0/s1. The summed E-state index contributed by atoms with van der Waals surface area (Å²) in [5.41, 5.74) is 0. The highest BCUT2D eigenvalue weighted by molar-refractivity contribution is 9.10. The Morgan fingerprint density at radius 3 is 2.14 bits per heavy atom. The van der Waals surface area contributed by atoms with Crippen molar-refractivity contribution >= 4 is 35.6 Å². The number of carbonyl (C=O) groups excluding carboxylic acids is 2. The van der Waals surface area contributed by atoms with Gasteiger partial charge in [-0.2, -0.15) is 0 Å². The monoisotopic (exact) mass is 272 g/mol. The molecule has 0 heterocycles. The van der Waals surface area contributed by atoms with Crippen LogP contribution < -0.4 is 0 Å². The van der Waals surface area contributed by atoms with Crippen molar-refractivity contribution in [2.45, 2.75) is 35.4 Å². The van der Waals surface area contributed by atoms with Gasteiger partial charge in [0.25, 0.3) is 0 Å². The first-order chi connectivity index (χ1) is 6.26. The minimum Gasteiger partial charge on any atom is -0.294 e. The third kappa shape index (κ3) is 0.910. The molecule has 2 atom stereocenters. The quantitative estimate of drug-likeness (QED) is 0.542. The Balaban J connectivity index is 2.55. The number of ketones is 2. The predicted molar refractivity (Wildman–Crippen MR) is 61.5 cm³/mol. The van der Waals surface area contributed by atoms with Crippen molar-refractivity contribution in [1.82, 2.24) is 0 Å². The van der Waals surface area contributed by atoms with E-state index in [0.29, 0.717) is 6.42 Å². The first-order valence-corrected chi connectivity index (χ1v) is 9.01. The lowest BCUT2D eigenvalue weighted by molar-refractivity contribution is -0.120. The van der Waals surface area contributed by atoms with Gasteiger partial charge in [-0.3, -0.25) is 9.59 Å². The van der Waals surface area contributed by atoms with Crippen LogP contribution in [0.4, 0.5) is 0 Å². The smallest absolute Gasteiger partial charge is 0.173 e. The van der Waals surface area contributed by atoms with Crippen molar-refractivity contribution in [2.24, 2.45) is 0 Å². The van der Waals surface area contributed by atoms with E-state index < -0.39 is 12.4 Å². The van der Waals surface area contributed by atoms with Gasteiger partial charge in [-0.15, -0.1) is 0 Å². The molecule has 76 valence electrons. The highest BCUT2D eigenvalue weighted by Gasteiger charge is 2.78. The molecule has 4 heteroatoms. The molecule has 0 spiro atoms. The minimum atomic E-state index is -1.65. The summed E-state index contributed by atoms with van der Waals surface area (Å²) in [5.74, 6) is 0.215. The van der Waals surface area contributed by atoms with Crippen LogP contribution in [0.3, 0.4) is 0 Å². The third-order valence-electron chi connectivity index (χ3n) is 3.54. The van der Waals surface area contributed by atoms with Crippen LogP contribution in [-0.2, 0) is 9.59 Å². The van der Waals surface area contributed by atoms with Gasteiger partial charge in [0.2, 0.25) is 0 Å². The number of allylic oxidation sites excluding steroid dienone is 2. The van der Waals surface area contributed by atoms with E-state index in [4.69, 9.17) is 0 Å². The molecule has 1 saturated carbocycles. The minimum absolute atomic E-state index is 0.0690. The number of halogens is 1. The zero-order chi connectivity index (χ0) is 10.8. The van der Waals surface area contributed by atoms with Crippen molar-refractivity contribution in [1.29, 1.82) is 0 Å². The summed E-state index contributed by atoms with van der Waals surface area (Å²) >= 11 is 3.48. The molecule has 0 amide bonds. The largest absolute Gasteiger partial charge is 0.294 e. The number of carbonyl (C=O) groups is 2. The Morgan fingerprint density at radius 1 is 1.21 bits per heavy atom. The molecule has 2 aliphatic carbocycles. The molecule has 0 bridgehead atoms. The fourth-order valence-corrected chi connectivity index (χ4v) is 8.28. The number of hydrogen-bond donors (Lipinski definition) is 0. The summed E-state index contributed by atoms with van der Waals surface area (Å²) in [4.78, 5) is 23.6. The average Bonchev–Trinajstić information content (AvgIpc) is 2.68. The predicted octanol–water partition coefficient (Wildman–Crippen LogP) is 2.31. The van der Waals surface area contributed by atoms with Crippen molar-refractivity contribution < 1.29 is 9.59 Å². The molecule has 0 N–H and O–H groups in total. The van der Waals surface area contributed by atoms with Crippen LogP contribution in [0.15, 0.2) is 12.2 Å². The highest BCUT2D eigenvalue weighted by atomic mass is 79.9. The Bertz CT molecular complexity index is 369. The third-order valence-corrected chi connectivity index (χ3v) is 8.66. The lowest BCUT2D eigenvalue weighted by atomic mass is 10.0. The van der Waals surface area contributed by atoms with E-state index in [1.54, 1.807) is 0 Å². The maximum absolute atomic E-state index is 11.9. The van der Waals surface area contributed by atoms with E-state index in [1.807, 2.05) is 0 Å². The maximum Gasteiger partial charge on any atom is 0.173 e.